The number of nitrogens with one attached hydrogen (secondary N) is 1. The fraction of sp³-hybridized carbons (Fsp3) is 0.588. The van der Waals surface area contributed by atoms with E-state index in [1.807, 2.05) is 17.0 Å². The van der Waals surface area contributed by atoms with Crippen LogP contribution in [0.5, 0.6) is 5.75 Å². The van der Waals surface area contributed by atoms with Gasteiger partial charge in [0.05, 0.1) is 6.61 Å². The van der Waals surface area contributed by atoms with E-state index in [0.29, 0.717) is 5.91 Å². The van der Waals surface area contributed by atoms with E-state index in [1.165, 1.54) is 5.56 Å². The van der Waals surface area contributed by atoms with Crippen molar-refractivity contribution in [3.8, 4) is 5.75 Å². The predicted octanol–water partition coefficient (Wildman–Crippen LogP) is 2.58. The summed E-state index contributed by atoms with van der Waals surface area (Å²) in [5.41, 5.74) is 1.24. The zero-order valence-corrected chi connectivity index (χ0v) is 12.9. The first-order valence-corrected chi connectivity index (χ1v) is 8.00. The van der Waals surface area contributed by atoms with E-state index in [4.69, 9.17) is 4.74 Å². The minimum atomic E-state index is 0.316. The van der Waals surface area contributed by atoms with Crippen molar-refractivity contribution in [2.24, 2.45) is 0 Å². The molecule has 1 amide bonds. The molecule has 1 saturated heterocycles. The molecule has 0 bridgehead atoms. The third-order valence-electron chi connectivity index (χ3n) is 3.65. The van der Waals surface area contributed by atoms with Crippen LogP contribution in [0, 0.1) is 0 Å². The Morgan fingerprint density at radius 3 is 3.05 bits per heavy atom. The molecule has 0 spiro atoms. The van der Waals surface area contributed by atoms with E-state index < -0.39 is 0 Å². The summed E-state index contributed by atoms with van der Waals surface area (Å²) >= 11 is 0. The van der Waals surface area contributed by atoms with Gasteiger partial charge in [-0.2, -0.15) is 0 Å². The average Bonchev–Trinajstić information content (AvgIpc) is 2.91. The third kappa shape index (κ3) is 5.38. The third-order valence-corrected chi connectivity index (χ3v) is 3.65. The van der Waals surface area contributed by atoms with Gasteiger partial charge in [0.15, 0.2) is 0 Å². The molecule has 1 aliphatic heterocycles. The summed E-state index contributed by atoms with van der Waals surface area (Å²) in [6.07, 6.45) is 3.80. The largest absolute Gasteiger partial charge is 0.494 e. The molecule has 1 heterocycles. The number of likely N-dealkylation sites (tertiary alicyclic amines) is 1. The summed E-state index contributed by atoms with van der Waals surface area (Å²) in [5, 5.41) is 3.43. The molecule has 0 atom stereocenters. The first-order valence-electron chi connectivity index (χ1n) is 8.00. The Bertz CT molecular complexity index is 448. The Morgan fingerprint density at radius 1 is 1.38 bits per heavy atom. The Morgan fingerprint density at radius 2 is 2.29 bits per heavy atom. The van der Waals surface area contributed by atoms with Gasteiger partial charge in [0.25, 0.3) is 0 Å². The summed E-state index contributed by atoms with van der Waals surface area (Å²) in [7, 11) is 0. The van der Waals surface area contributed by atoms with Gasteiger partial charge in [-0.15, -0.1) is 0 Å². The lowest BCUT2D eigenvalue weighted by molar-refractivity contribution is -0.127. The van der Waals surface area contributed by atoms with Crippen molar-refractivity contribution in [2.75, 3.05) is 26.2 Å². The number of carbonyl (C=O) groups excluding carboxylic acids is 1. The van der Waals surface area contributed by atoms with Gasteiger partial charge < -0.3 is 15.0 Å². The first-order chi connectivity index (χ1) is 10.3. The summed E-state index contributed by atoms with van der Waals surface area (Å²) in [4.78, 5) is 13.4. The van der Waals surface area contributed by atoms with Gasteiger partial charge in [-0.3, -0.25) is 4.79 Å². The molecule has 0 aliphatic carbocycles. The topological polar surface area (TPSA) is 41.6 Å². The first kappa shape index (κ1) is 15.8. The molecule has 21 heavy (non-hydrogen) atoms. The molecule has 0 unspecified atom stereocenters. The van der Waals surface area contributed by atoms with E-state index in [-0.39, 0.29) is 0 Å². The van der Waals surface area contributed by atoms with Crippen LogP contribution in [0.3, 0.4) is 0 Å². The number of ether oxygens (including phenoxy) is 1. The van der Waals surface area contributed by atoms with Crippen molar-refractivity contribution in [3.63, 3.8) is 0 Å². The van der Waals surface area contributed by atoms with Crippen molar-refractivity contribution < 1.29 is 9.53 Å². The second-order valence-electron chi connectivity index (χ2n) is 5.51. The number of hydrogen-bond acceptors (Lipinski definition) is 3. The fourth-order valence-corrected chi connectivity index (χ4v) is 2.53. The smallest absolute Gasteiger partial charge is 0.222 e. The van der Waals surface area contributed by atoms with Crippen LogP contribution in [-0.2, 0) is 11.3 Å². The lowest BCUT2D eigenvalue weighted by Gasteiger charge is -2.15. The molecule has 0 aromatic heterocycles. The highest BCUT2D eigenvalue weighted by atomic mass is 16.5. The zero-order chi connectivity index (χ0) is 14.9. The van der Waals surface area contributed by atoms with Crippen molar-refractivity contribution >= 4 is 5.91 Å². The van der Waals surface area contributed by atoms with Crippen LogP contribution in [0.2, 0.25) is 0 Å². The lowest BCUT2D eigenvalue weighted by atomic mass is 10.2. The Kier molecular flexibility index (Phi) is 6.54. The van der Waals surface area contributed by atoms with E-state index in [9.17, 15) is 4.79 Å². The lowest BCUT2D eigenvalue weighted by Crippen LogP contribution is -2.28. The van der Waals surface area contributed by atoms with Gasteiger partial charge in [-0.1, -0.05) is 19.1 Å². The SMILES string of the molecule is CCCOc1cccc(CNCCCN2CCCC2=O)c1. The molecule has 0 radical (unpaired) electrons. The monoisotopic (exact) mass is 290 g/mol. The van der Waals surface area contributed by atoms with Crippen molar-refractivity contribution in [1.29, 1.82) is 0 Å². The normalized spacial score (nSPS) is 14.7. The zero-order valence-electron chi connectivity index (χ0n) is 12.9. The van der Waals surface area contributed by atoms with Crippen LogP contribution in [-0.4, -0.2) is 37.0 Å². The van der Waals surface area contributed by atoms with Gasteiger partial charge >= 0.3 is 0 Å². The molecule has 1 fully saturated rings. The van der Waals surface area contributed by atoms with Gasteiger partial charge in [-0.05, 0) is 43.5 Å². The van der Waals surface area contributed by atoms with E-state index >= 15 is 0 Å². The quantitative estimate of drug-likeness (QED) is 0.711. The molecule has 1 N–H and O–H groups in total. The van der Waals surface area contributed by atoms with E-state index in [1.54, 1.807) is 0 Å². The molecule has 1 aromatic carbocycles. The highest BCUT2D eigenvalue weighted by Crippen LogP contribution is 2.13. The van der Waals surface area contributed by atoms with Crippen molar-refractivity contribution in [2.45, 2.75) is 39.2 Å². The fourth-order valence-electron chi connectivity index (χ4n) is 2.53. The number of nitrogens with zero attached hydrogens (tertiary/aromatic N) is 1. The second-order valence-corrected chi connectivity index (χ2v) is 5.51. The minimum absolute atomic E-state index is 0.316. The summed E-state index contributed by atoms with van der Waals surface area (Å²) in [6, 6.07) is 8.23. The molecule has 4 nitrogen and oxygen atoms in total. The van der Waals surface area contributed by atoms with Crippen LogP contribution in [0.4, 0.5) is 0 Å². The number of hydrogen-bond donors (Lipinski definition) is 1. The molecule has 0 saturated carbocycles. The maximum Gasteiger partial charge on any atom is 0.222 e. The van der Waals surface area contributed by atoms with Gasteiger partial charge in [0.2, 0.25) is 5.91 Å². The maximum absolute atomic E-state index is 11.5. The Hall–Kier alpha value is -1.55. The van der Waals surface area contributed by atoms with Crippen molar-refractivity contribution in [3.05, 3.63) is 29.8 Å². The van der Waals surface area contributed by atoms with E-state index in [2.05, 4.69) is 24.4 Å². The van der Waals surface area contributed by atoms with Crippen LogP contribution >= 0.6 is 0 Å². The number of rotatable bonds is 9. The molecule has 1 aliphatic rings. The number of benzene rings is 1. The summed E-state index contributed by atoms with van der Waals surface area (Å²) in [5.74, 6) is 1.26. The number of amides is 1. The Labute approximate surface area is 127 Å². The predicted molar refractivity (Wildman–Crippen MR) is 84.4 cm³/mol. The molecule has 2 rings (SSSR count). The minimum Gasteiger partial charge on any atom is -0.494 e. The second kappa shape index (κ2) is 8.67. The highest BCUT2D eigenvalue weighted by Gasteiger charge is 2.18. The molecule has 1 aromatic rings. The summed E-state index contributed by atoms with van der Waals surface area (Å²) < 4.78 is 5.63. The maximum atomic E-state index is 11.5. The van der Waals surface area contributed by atoms with Crippen molar-refractivity contribution in [1.82, 2.24) is 10.2 Å². The van der Waals surface area contributed by atoms with E-state index in [0.717, 1.165) is 64.2 Å². The average molecular weight is 290 g/mol. The highest BCUT2D eigenvalue weighted by molar-refractivity contribution is 5.77. The molecule has 116 valence electrons. The van der Waals surface area contributed by atoms with Crippen LogP contribution in [0.25, 0.3) is 0 Å². The van der Waals surface area contributed by atoms with Gasteiger partial charge in [0.1, 0.15) is 5.75 Å². The Balaban J connectivity index is 1.63. The summed E-state index contributed by atoms with van der Waals surface area (Å²) in [6.45, 7) is 6.47. The standard InChI is InChI=1S/C17H26N2O2/c1-2-12-21-16-7-3-6-15(13-16)14-18-9-5-11-19-10-4-8-17(19)20/h3,6-7,13,18H,2,4-5,8-12,14H2,1H3. The van der Waals surface area contributed by atoms with Crippen LogP contribution < -0.4 is 10.1 Å². The van der Waals surface area contributed by atoms with Gasteiger partial charge in [-0.25, -0.2) is 0 Å². The molecular formula is C17H26N2O2. The number of carbonyl (C=O) groups is 1. The van der Waals surface area contributed by atoms with Gasteiger partial charge in [0, 0.05) is 26.1 Å². The van der Waals surface area contributed by atoms with Crippen LogP contribution in [0.1, 0.15) is 38.2 Å². The molecule has 4 heteroatoms. The van der Waals surface area contributed by atoms with Crippen LogP contribution in [0.15, 0.2) is 24.3 Å². The molecular weight excluding hydrogens is 264 g/mol.